The first kappa shape index (κ1) is 17.8. The van der Waals surface area contributed by atoms with Crippen molar-refractivity contribution in [3.63, 3.8) is 0 Å². The molecule has 0 heterocycles. The van der Waals surface area contributed by atoms with Gasteiger partial charge in [-0.2, -0.15) is 0 Å². The first-order chi connectivity index (χ1) is 7.01. The first-order valence-electron chi connectivity index (χ1n) is 5.54. The molecule has 0 saturated carbocycles. The number of hydrogen-bond acceptors (Lipinski definition) is 3. The Morgan fingerprint density at radius 3 is 2.38 bits per heavy atom. The fraction of sp³-hybridized carbons (Fsp3) is 0.750. The predicted octanol–water partition coefficient (Wildman–Crippen LogP) is 2.55. The van der Waals surface area contributed by atoms with E-state index in [0.717, 1.165) is 6.42 Å². The van der Waals surface area contributed by atoms with Crippen molar-refractivity contribution in [1.29, 1.82) is 0 Å². The van der Waals surface area contributed by atoms with Crippen LogP contribution >= 0.6 is 12.4 Å². The van der Waals surface area contributed by atoms with Gasteiger partial charge in [0.25, 0.3) is 0 Å². The topological polar surface area (TPSA) is 38.3 Å². The summed E-state index contributed by atoms with van der Waals surface area (Å²) >= 11 is 0. The van der Waals surface area contributed by atoms with Crippen LogP contribution in [0.25, 0.3) is 0 Å². The van der Waals surface area contributed by atoms with E-state index in [1.165, 1.54) is 0 Å². The van der Waals surface area contributed by atoms with Crippen LogP contribution in [-0.2, 0) is 9.53 Å². The molecule has 0 unspecified atom stereocenters. The standard InChI is InChI=1S/C12H23NO2.ClH/c1-6-15-12(14)10(4)8-11(13-5)7-9(2)3;/h8-9,11,13H,6-7H2,1-5H3;1H/t11-;/m0./s1. The second-order valence-electron chi connectivity index (χ2n) is 4.09. The maximum absolute atomic E-state index is 11.4. The molecule has 0 aromatic rings. The van der Waals surface area contributed by atoms with E-state index in [1.807, 2.05) is 20.0 Å². The quantitative estimate of drug-likeness (QED) is 0.581. The molecular weight excluding hydrogens is 226 g/mol. The van der Waals surface area contributed by atoms with Gasteiger partial charge in [0.2, 0.25) is 0 Å². The number of halogens is 1. The first-order valence-corrected chi connectivity index (χ1v) is 5.54. The van der Waals surface area contributed by atoms with Crippen LogP contribution in [0.5, 0.6) is 0 Å². The fourth-order valence-corrected chi connectivity index (χ4v) is 1.39. The molecule has 0 aliphatic carbocycles. The van der Waals surface area contributed by atoms with Gasteiger partial charge in [-0.1, -0.05) is 19.9 Å². The molecule has 0 spiro atoms. The summed E-state index contributed by atoms with van der Waals surface area (Å²) in [6.07, 6.45) is 2.96. The lowest BCUT2D eigenvalue weighted by molar-refractivity contribution is -0.138. The van der Waals surface area contributed by atoms with Crippen LogP contribution in [0.2, 0.25) is 0 Å². The van der Waals surface area contributed by atoms with Crippen LogP contribution in [0.3, 0.4) is 0 Å². The Kier molecular flexibility index (Phi) is 10.8. The smallest absolute Gasteiger partial charge is 0.333 e. The summed E-state index contributed by atoms with van der Waals surface area (Å²) in [5, 5.41) is 3.18. The Bertz CT molecular complexity index is 227. The zero-order chi connectivity index (χ0) is 11.8. The van der Waals surface area contributed by atoms with Crippen LogP contribution in [0.1, 0.15) is 34.1 Å². The van der Waals surface area contributed by atoms with Gasteiger partial charge in [0.1, 0.15) is 0 Å². The lowest BCUT2D eigenvalue weighted by Gasteiger charge is -2.15. The maximum Gasteiger partial charge on any atom is 0.333 e. The highest BCUT2D eigenvalue weighted by Gasteiger charge is 2.10. The second-order valence-corrected chi connectivity index (χ2v) is 4.09. The highest BCUT2D eigenvalue weighted by Crippen LogP contribution is 2.08. The molecule has 0 aliphatic rings. The molecule has 96 valence electrons. The average molecular weight is 250 g/mol. The summed E-state index contributed by atoms with van der Waals surface area (Å²) in [5.41, 5.74) is 0.678. The Morgan fingerprint density at radius 1 is 1.44 bits per heavy atom. The van der Waals surface area contributed by atoms with E-state index >= 15 is 0 Å². The van der Waals surface area contributed by atoms with Crippen molar-refractivity contribution < 1.29 is 9.53 Å². The Labute approximate surface area is 105 Å². The van der Waals surface area contributed by atoms with Gasteiger partial charge in [0, 0.05) is 11.6 Å². The predicted molar refractivity (Wildman–Crippen MR) is 69.9 cm³/mol. The van der Waals surface area contributed by atoms with Crippen LogP contribution in [0.4, 0.5) is 0 Å². The molecule has 0 aromatic heterocycles. The molecule has 0 aromatic carbocycles. The number of esters is 1. The Hall–Kier alpha value is -0.540. The molecule has 0 saturated heterocycles. The summed E-state index contributed by atoms with van der Waals surface area (Å²) < 4.78 is 4.92. The average Bonchev–Trinajstić information content (AvgIpc) is 2.16. The Morgan fingerprint density at radius 2 is 2.00 bits per heavy atom. The van der Waals surface area contributed by atoms with E-state index in [4.69, 9.17) is 4.74 Å². The third-order valence-electron chi connectivity index (χ3n) is 2.14. The van der Waals surface area contributed by atoms with Gasteiger partial charge in [0.05, 0.1) is 6.61 Å². The summed E-state index contributed by atoms with van der Waals surface area (Å²) in [4.78, 5) is 11.4. The monoisotopic (exact) mass is 249 g/mol. The summed E-state index contributed by atoms with van der Waals surface area (Å²) in [6.45, 7) is 8.37. The molecule has 0 aliphatic heterocycles. The lowest BCUT2D eigenvalue weighted by atomic mass is 10.0. The van der Waals surface area contributed by atoms with E-state index in [1.54, 1.807) is 6.92 Å². The number of carbonyl (C=O) groups excluding carboxylic acids is 1. The van der Waals surface area contributed by atoms with Gasteiger partial charge in [-0.3, -0.25) is 0 Å². The molecular formula is C12H24ClNO2. The van der Waals surface area contributed by atoms with Crippen LogP contribution in [-0.4, -0.2) is 25.7 Å². The zero-order valence-electron chi connectivity index (χ0n) is 10.9. The number of carbonyl (C=O) groups is 1. The van der Waals surface area contributed by atoms with Crippen molar-refractivity contribution in [2.45, 2.75) is 40.2 Å². The van der Waals surface area contributed by atoms with Crippen LogP contribution in [0, 0.1) is 5.92 Å². The summed E-state index contributed by atoms with van der Waals surface area (Å²) in [7, 11) is 1.90. The minimum Gasteiger partial charge on any atom is -0.463 e. The largest absolute Gasteiger partial charge is 0.463 e. The minimum atomic E-state index is -0.221. The molecule has 4 heteroatoms. The van der Waals surface area contributed by atoms with Gasteiger partial charge in [-0.25, -0.2) is 4.79 Å². The van der Waals surface area contributed by atoms with E-state index in [2.05, 4.69) is 19.2 Å². The van der Waals surface area contributed by atoms with E-state index in [0.29, 0.717) is 18.1 Å². The minimum absolute atomic E-state index is 0. The number of nitrogens with one attached hydrogen (secondary N) is 1. The maximum atomic E-state index is 11.4. The van der Waals surface area contributed by atoms with Crippen LogP contribution < -0.4 is 5.32 Å². The van der Waals surface area contributed by atoms with Crippen LogP contribution in [0.15, 0.2) is 11.6 Å². The molecule has 0 rings (SSSR count). The molecule has 0 radical (unpaired) electrons. The van der Waals surface area contributed by atoms with Crippen molar-refractivity contribution >= 4 is 18.4 Å². The van der Waals surface area contributed by atoms with E-state index < -0.39 is 0 Å². The van der Waals surface area contributed by atoms with Crippen molar-refractivity contribution in [3.05, 3.63) is 11.6 Å². The lowest BCUT2D eigenvalue weighted by Crippen LogP contribution is -2.25. The zero-order valence-corrected chi connectivity index (χ0v) is 11.7. The Balaban J connectivity index is 0. The van der Waals surface area contributed by atoms with Gasteiger partial charge in [-0.05, 0) is 33.2 Å². The highest BCUT2D eigenvalue weighted by molar-refractivity contribution is 5.87. The number of rotatable bonds is 6. The third-order valence-corrected chi connectivity index (χ3v) is 2.14. The molecule has 0 fully saturated rings. The third kappa shape index (κ3) is 7.71. The van der Waals surface area contributed by atoms with Gasteiger partial charge in [-0.15, -0.1) is 12.4 Å². The number of ether oxygens (including phenoxy) is 1. The number of likely N-dealkylation sites (N-methyl/N-ethyl adjacent to an activating group) is 1. The molecule has 0 bridgehead atoms. The van der Waals surface area contributed by atoms with Gasteiger partial charge >= 0.3 is 5.97 Å². The highest BCUT2D eigenvalue weighted by atomic mass is 35.5. The number of hydrogen-bond donors (Lipinski definition) is 1. The molecule has 3 nitrogen and oxygen atoms in total. The summed E-state index contributed by atoms with van der Waals surface area (Å²) in [5.74, 6) is 0.384. The van der Waals surface area contributed by atoms with Gasteiger partial charge < -0.3 is 10.1 Å². The van der Waals surface area contributed by atoms with Crippen molar-refractivity contribution in [2.75, 3.05) is 13.7 Å². The summed E-state index contributed by atoms with van der Waals surface area (Å²) in [6, 6.07) is 0.245. The molecule has 1 atom stereocenters. The van der Waals surface area contributed by atoms with E-state index in [9.17, 15) is 4.79 Å². The van der Waals surface area contributed by atoms with E-state index in [-0.39, 0.29) is 24.4 Å². The molecule has 16 heavy (non-hydrogen) atoms. The van der Waals surface area contributed by atoms with Gasteiger partial charge in [0.15, 0.2) is 0 Å². The van der Waals surface area contributed by atoms with Crippen molar-refractivity contribution in [3.8, 4) is 0 Å². The van der Waals surface area contributed by atoms with Crippen molar-refractivity contribution in [1.82, 2.24) is 5.32 Å². The normalized spacial score (nSPS) is 13.2. The fourth-order valence-electron chi connectivity index (χ4n) is 1.39. The SMILES string of the molecule is CCOC(=O)C(C)=C[C@H](CC(C)C)NC.Cl. The molecule has 0 amide bonds. The van der Waals surface area contributed by atoms with Crippen molar-refractivity contribution in [2.24, 2.45) is 5.92 Å². The second kappa shape index (κ2) is 9.67. The molecule has 1 N–H and O–H groups in total.